The number of aliphatic carboxylic acids is 1. The quantitative estimate of drug-likeness (QED) is 0.888. The van der Waals surface area contributed by atoms with E-state index in [1.807, 2.05) is 6.92 Å². The first kappa shape index (κ1) is 16.9. The standard InChI is InChI=1S/C16H22N2O5/c1-10-4-11(15(19)20)9-18(8-10)16(21)17-12-5-13(22-2)7-14(6-12)23-3/h5-7,10-11H,4,8-9H2,1-3H3,(H,17,21)(H,19,20). The van der Waals surface area contributed by atoms with Crippen LogP contribution in [-0.2, 0) is 4.79 Å². The zero-order valence-corrected chi connectivity index (χ0v) is 13.5. The monoisotopic (exact) mass is 322 g/mol. The Labute approximate surface area is 135 Å². The van der Waals surface area contributed by atoms with Crippen molar-refractivity contribution in [2.45, 2.75) is 13.3 Å². The molecule has 1 saturated heterocycles. The zero-order valence-electron chi connectivity index (χ0n) is 13.5. The van der Waals surface area contributed by atoms with Crippen LogP contribution in [0.2, 0.25) is 0 Å². The van der Waals surface area contributed by atoms with Crippen LogP contribution >= 0.6 is 0 Å². The van der Waals surface area contributed by atoms with Crippen LogP contribution in [0.3, 0.4) is 0 Å². The SMILES string of the molecule is COc1cc(NC(=O)N2CC(C)CC(C(=O)O)C2)cc(OC)c1. The van der Waals surface area contributed by atoms with Crippen LogP contribution in [0.4, 0.5) is 10.5 Å². The molecule has 0 aromatic heterocycles. The predicted molar refractivity (Wildman–Crippen MR) is 85.0 cm³/mol. The Bertz CT molecular complexity index is 568. The van der Waals surface area contributed by atoms with E-state index in [1.165, 1.54) is 14.2 Å². The Kier molecular flexibility index (Phi) is 5.31. The van der Waals surface area contributed by atoms with Crippen LogP contribution in [0, 0.1) is 11.8 Å². The van der Waals surface area contributed by atoms with Gasteiger partial charge in [-0.3, -0.25) is 4.79 Å². The van der Waals surface area contributed by atoms with Gasteiger partial charge in [0.1, 0.15) is 11.5 Å². The van der Waals surface area contributed by atoms with Crippen molar-refractivity contribution in [3.05, 3.63) is 18.2 Å². The summed E-state index contributed by atoms with van der Waals surface area (Å²) in [7, 11) is 3.06. The molecule has 1 aromatic rings. The number of amides is 2. The summed E-state index contributed by atoms with van der Waals surface area (Å²) in [5.41, 5.74) is 0.538. The van der Waals surface area contributed by atoms with E-state index in [-0.39, 0.29) is 18.5 Å². The third-order valence-electron chi connectivity index (χ3n) is 3.90. The van der Waals surface area contributed by atoms with Gasteiger partial charge in [-0.15, -0.1) is 0 Å². The molecule has 0 spiro atoms. The van der Waals surface area contributed by atoms with E-state index < -0.39 is 11.9 Å². The molecule has 2 atom stereocenters. The highest BCUT2D eigenvalue weighted by molar-refractivity contribution is 5.90. The van der Waals surface area contributed by atoms with Gasteiger partial charge in [0.05, 0.1) is 20.1 Å². The number of rotatable bonds is 4. The summed E-state index contributed by atoms with van der Waals surface area (Å²) in [4.78, 5) is 25.2. The molecular formula is C16H22N2O5. The van der Waals surface area contributed by atoms with E-state index in [1.54, 1.807) is 23.1 Å². The second kappa shape index (κ2) is 7.21. The number of anilines is 1. The maximum Gasteiger partial charge on any atom is 0.321 e. The van der Waals surface area contributed by atoms with Crippen LogP contribution in [0.15, 0.2) is 18.2 Å². The van der Waals surface area contributed by atoms with Crippen molar-refractivity contribution < 1.29 is 24.2 Å². The highest BCUT2D eigenvalue weighted by Crippen LogP contribution is 2.27. The molecule has 1 aromatic carbocycles. The molecule has 7 nitrogen and oxygen atoms in total. The lowest BCUT2D eigenvalue weighted by Crippen LogP contribution is -2.47. The summed E-state index contributed by atoms with van der Waals surface area (Å²) in [5, 5.41) is 12.0. The minimum Gasteiger partial charge on any atom is -0.497 e. The normalized spacial score (nSPS) is 20.7. The third-order valence-corrected chi connectivity index (χ3v) is 3.90. The van der Waals surface area contributed by atoms with Crippen LogP contribution in [-0.4, -0.2) is 49.3 Å². The molecule has 1 fully saturated rings. The highest BCUT2D eigenvalue weighted by atomic mass is 16.5. The van der Waals surface area contributed by atoms with Gasteiger partial charge in [-0.1, -0.05) is 6.92 Å². The molecule has 2 rings (SSSR count). The fourth-order valence-electron chi connectivity index (χ4n) is 2.78. The number of ether oxygens (including phenoxy) is 2. The van der Waals surface area contributed by atoms with Gasteiger partial charge in [-0.25, -0.2) is 4.79 Å². The summed E-state index contributed by atoms with van der Waals surface area (Å²) in [6, 6.07) is 4.75. The summed E-state index contributed by atoms with van der Waals surface area (Å²) in [5.74, 6) is -0.109. The van der Waals surface area contributed by atoms with E-state index >= 15 is 0 Å². The predicted octanol–water partition coefficient (Wildman–Crippen LogP) is 2.28. The lowest BCUT2D eigenvalue weighted by molar-refractivity contribution is -0.143. The number of nitrogens with zero attached hydrogens (tertiary/aromatic N) is 1. The Hall–Kier alpha value is -2.44. The number of carboxylic acids is 1. The zero-order chi connectivity index (χ0) is 17.0. The average Bonchev–Trinajstić information content (AvgIpc) is 2.53. The second-order valence-electron chi connectivity index (χ2n) is 5.81. The molecule has 1 aliphatic rings. The van der Waals surface area contributed by atoms with Gasteiger partial charge in [0.25, 0.3) is 0 Å². The first-order valence-electron chi connectivity index (χ1n) is 7.44. The van der Waals surface area contributed by atoms with E-state index in [0.717, 1.165) is 0 Å². The van der Waals surface area contributed by atoms with Gasteiger partial charge in [0.2, 0.25) is 0 Å². The molecule has 7 heteroatoms. The molecule has 126 valence electrons. The molecule has 1 heterocycles. The number of methoxy groups -OCH3 is 2. The molecule has 0 bridgehead atoms. The van der Waals surface area contributed by atoms with Crippen LogP contribution in [0.1, 0.15) is 13.3 Å². The topological polar surface area (TPSA) is 88.1 Å². The van der Waals surface area contributed by atoms with Crippen molar-refractivity contribution >= 4 is 17.7 Å². The van der Waals surface area contributed by atoms with Crippen molar-refractivity contribution in [2.24, 2.45) is 11.8 Å². The van der Waals surface area contributed by atoms with E-state index in [2.05, 4.69) is 5.32 Å². The number of hydrogen-bond acceptors (Lipinski definition) is 4. The Morgan fingerprint density at radius 3 is 2.30 bits per heavy atom. The van der Waals surface area contributed by atoms with Gasteiger partial charge < -0.3 is 24.8 Å². The van der Waals surface area contributed by atoms with Gasteiger partial charge >= 0.3 is 12.0 Å². The van der Waals surface area contributed by atoms with E-state index in [9.17, 15) is 14.7 Å². The molecular weight excluding hydrogens is 300 g/mol. The fraction of sp³-hybridized carbons (Fsp3) is 0.500. The first-order valence-corrected chi connectivity index (χ1v) is 7.44. The van der Waals surface area contributed by atoms with Crippen molar-refractivity contribution in [3.8, 4) is 11.5 Å². The number of urea groups is 1. The molecule has 0 saturated carbocycles. The molecule has 2 N–H and O–H groups in total. The van der Waals surface area contributed by atoms with Gasteiger partial charge in [-0.05, 0) is 12.3 Å². The molecule has 2 unspecified atom stereocenters. The van der Waals surface area contributed by atoms with Crippen LogP contribution in [0.25, 0.3) is 0 Å². The van der Waals surface area contributed by atoms with Crippen molar-refractivity contribution in [1.82, 2.24) is 4.90 Å². The van der Waals surface area contributed by atoms with Crippen molar-refractivity contribution in [2.75, 3.05) is 32.6 Å². The highest BCUT2D eigenvalue weighted by Gasteiger charge is 2.31. The fourth-order valence-corrected chi connectivity index (χ4v) is 2.78. The minimum absolute atomic E-state index is 0.149. The molecule has 23 heavy (non-hydrogen) atoms. The Balaban J connectivity index is 2.10. The summed E-state index contributed by atoms with van der Waals surface area (Å²) in [6.07, 6.45) is 0.589. The van der Waals surface area contributed by atoms with Crippen LogP contribution in [0.5, 0.6) is 11.5 Å². The van der Waals surface area contributed by atoms with E-state index in [4.69, 9.17) is 9.47 Å². The Morgan fingerprint density at radius 2 is 1.78 bits per heavy atom. The number of carbonyl (C=O) groups excluding carboxylic acids is 1. The molecule has 1 aliphatic heterocycles. The summed E-state index contributed by atoms with van der Waals surface area (Å²) >= 11 is 0. The largest absolute Gasteiger partial charge is 0.497 e. The minimum atomic E-state index is -0.864. The lowest BCUT2D eigenvalue weighted by atomic mass is 9.91. The van der Waals surface area contributed by atoms with E-state index in [0.29, 0.717) is 30.2 Å². The number of hydrogen-bond donors (Lipinski definition) is 2. The number of likely N-dealkylation sites (tertiary alicyclic amines) is 1. The smallest absolute Gasteiger partial charge is 0.321 e. The van der Waals surface area contributed by atoms with Crippen LogP contribution < -0.4 is 14.8 Å². The average molecular weight is 322 g/mol. The lowest BCUT2D eigenvalue weighted by Gasteiger charge is -2.34. The van der Waals surface area contributed by atoms with Gasteiger partial charge in [-0.2, -0.15) is 0 Å². The molecule has 2 amide bonds. The van der Waals surface area contributed by atoms with Gasteiger partial charge in [0.15, 0.2) is 0 Å². The molecule has 0 aliphatic carbocycles. The van der Waals surface area contributed by atoms with Crippen molar-refractivity contribution in [1.29, 1.82) is 0 Å². The second-order valence-corrected chi connectivity index (χ2v) is 5.81. The number of nitrogens with one attached hydrogen (secondary N) is 1. The maximum atomic E-state index is 12.4. The first-order chi connectivity index (χ1) is 10.9. The number of piperidine rings is 1. The number of benzene rings is 1. The summed E-state index contributed by atoms with van der Waals surface area (Å²) in [6.45, 7) is 2.70. The number of carboxylic acid groups (broad SMARTS) is 1. The Morgan fingerprint density at radius 1 is 1.17 bits per heavy atom. The third kappa shape index (κ3) is 4.28. The van der Waals surface area contributed by atoms with Gasteiger partial charge in [0, 0.05) is 37.0 Å². The maximum absolute atomic E-state index is 12.4. The molecule has 0 radical (unpaired) electrons. The number of carbonyl (C=O) groups is 2. The summed E-state index contributed by atoms with van der Waals surface area (Å²) < 4.78 is 10.3. The van der Waals surface area contributed by atoms with Crippen molar-refractivity contribution in [3.63, 3.8) is 0 Å².